The number of halogens is 2. The molecule has 0 aliphatic rings. The van der Waals surface area contributed by atoms with Gasteiger partial charge in [0.25, 0.3) is 0 Å². The summed E-state index contributed by atoms with van der Waals surface area (Å²) in [7, 11) is -3.66. The molecule has 6 nitrogen and oxygen atoms in total. The Morgan fingerprint density at radius 3 is 2.02 bits per heavy atom. The van der Waals surface area contributed by atoms with Crippen LogP contribution in [0.3, 0.4) is 0 Å². The highest BCUT2D eigenvalue weighted by atomic mass is 35.5. The number of hydrogen-bond donors (Lipinski definition) is 2. The van der Waals surface area contributed by atoms with Gasteiger partial charge < -0.3 is 9.67 Å². The van der Waals surface area contributed by atoms with Gasteiger partial charge in [-0.05, 0) is 83.5 Å². The lowest BCUT2D eigenvalue weighted by Crippen LogP contribution is -2.28. The lowest BCUT2D eigenvalue weighted by Gasteiger charge is -2.25. The van der Waals surface area contributed by atoms with Crippen molar-refractivity contribution in [2.24, 2.45) is 0 Å². The fourth-order valence-electron chi connectivity index (χ4n) is 6.55. The molecular formula is C40H36Cl2N2O4S. The van der Waals surface area contributed by atoms with E-state index < -0.39 is 16.0 Å². The Bertz CT molecular complexity index is 2130. The zero-order valence-electron chi connectivity index (χ0n) is 26.7. The number of carboxylic acid groups (broad SMARTS) is 1. The summed E-state index contributed by atoms with van der Waals surface area (Å²) in [6.45, 7) is 0.191. The van der Waals surface area contributed by atoms with Crippen LogP contribution in [0.25, 0.3) is 10.9 Å². The van der Waals surface area contributed by atoms with Crippen LogP contribution in [0, 0.1) is 0 Å². The lowest BCUT2D eigenvalue weighted by molar-refractivity contribution is 0.0697. The highest BCUT2D eigenvalue weighted by Gasteiger charge is 2.26. The summed E-state index contributed by atoms with van der Waals surface area (Å²) in [6.07, 6.45) is 2.64. The number of nitrogens with one attached hydrogen (secondary N) is 1. The number of aromatic carboxylic acids is 1. The molecule has 0 saturated heterocycles. The van der Waals surface area contributed by atoms with E-state index in [9.17, 15) is 18.3 Å². The second kappa shape index (κ2) is 15.4. The average molecular weight is 712 g/mol. The summed E-state index contributed by atoms with van der Waals surface area (Å²) in [5.74, 6) is -1.12. The molecule has 0 radical (unpaired) electrons. The molecule has 0 amide bonds. The van der Waals surface area contributed by atoms with E-state index in [2.05, 4.69) is 39.6 Å². The van der Waals surface area contributed by atoms with Gasteiger partial charge in [-0.3, -0.25) is 0 Å². The predicted molar refractivity (Wildman–Crippen MR) is 198 cm³/mol. The molecule has 250 valence electrons. The van der Waals surface area contributed by atoms with E-state index in [1.165, 1.54) is 0 Å². The number of aromatic nitrogens is 1. The van der Waals surface area contributed by atoms with Crippen LogP contribution < -0.4 is 4.72 Å². The van der Waals surface area contributed by atoms with Crippen molar-refractivity contribution in [2.75, 3.05) is 6.54 Å². The topological polar surface area (TPSA) is 88.4 Å². The highest BCUT2D eigenvalue weighted by Crippen LogP contribution is 2.39. The number of rotatable bonds is 14. The van der Waals surface area contributed by atoms with E-state index in [0.717, 1.165) is 51.7 Å². The van der Waals surface area contributed by atoms with Crippen LogP contribution in [0.2, 0.25) is 10.0 Å². The first-order valence-electron chi connectivity index (χ1n) is 16.1. The number of nitrogens with zero attached hydrogens (tertiary/aromatic N) is 1. The highest BCUT2D eigenvalue weighted by molar-refractivity contribution is 7.88. The molecule has 5 aromatic carbocycles. The monoisotopic (exact) mass is 710 g/mol. The molecule has 1 aromatic heterocycles. The number of benzene rings is 5. The largest absolute Gasteiger partial charge is 0.478 e. The molecule has 0 fully saturated rings. The Hall–Kier alpha value is -4.40. The first-order chi connectivity index (χ1) is 23.7. The Morgan fingerprint density at radius 1 is 0.735 bits per heavy atom. The van der Waals surface area contributed by atoms with Gasteiger partial charge in [-0.25, -0.2) is 17.9 Å². The van der Waals surface area contributed by atoms with Crippen molar-refractivity contribution in [3.05, 3.63) is 177 Å². The van der Waals surface area contributed by atoms with Crippen molar-refractivity contribution in [3.63, 3.8) is 0 Å². The average Bonchev–Trinajstić information content (AvgIpc) is 3.39. The number of carboxylic acids is 1. The first-order valence-corrected chi connectivity index (χ1v) is 18.5. The minimum Gasteiger partial charge on any atom is -0.478 e. The van der Waals surface area contributed by atoms with Gasteiger partial charge in [0.2, 0.25) is 10.0 Å². The molecule has 1 heterocycles. The Balaban J connectivity index is 1.41. The van der Waals surface area contributed by atoms with Gasteiger partial charge in [0.1, 0.15) is 0 Å². The van der Waals surface area contributed by atoms with Gasteiger partial charge >= 0.3 is 5.97 Å². The van der Waals surface area contributed by atoms with E-state index >= 15 is 0 Å². The smallest absolute Gasteiger partial charge is 0.335 e. The SMILES string of the molecule is O=C(O)c1ccc(CCCc2c(CCNS(=O)(=O)Cc3cccc(Cl)c3)n(C(c3ccccc3)c3ccccc3)c3cccc(Cl)c23)cc1. The third-order valence-corrected chi connectivity index (χ3v) is 10.6. The Kier molecular flexibility index (Phi) is 10.9. The van der Waals surface area contributed by atoms with Crippen molar-refractivity contribution in [1.82, 2.24) is 9.29 Å². The maximum absolute atomic E-state index is 13.3. The van der Waals surface area contributed by atoms with Crippen molar-refractivity contribution in [3.8, 4) is 0 Å². The third kappa shape index (κ3) is 8.26. The van der Waals surface area contributed by atoms with Gasteiger partial charge in [-0.15, -0.1) is 0 Å². The van der Waals surface area contributed by atoms with Crippen LogP contribution in [-0.2, 0) is 35.0 Å². The molecular weight excluding hydrogens is 675 g/mol. The minimum atomic E-state index is -3.66. The standard InChI is InChI=1S/C40H36Cl2N2O4S/c41-33-16-7-11-29(26-33)27-49(47,48)43-25-24-36-34(17-8-10-28-20-22-32(23-21-28)40(45)46)38-35(42)18-9-19-37(38)44(36)39(30-12-3-1-4-13-30)31-14-5-2-6-15-31/h1-7,9,11-16,18-23,26,39,43H,8,10,17,24-25,27H2,(H,45,46). The molecule has 0 spiro atoms. The van der Waals surface area contributed by atoms with Gasteiger partial charge in [0.15, 0.2) is 0 Å². The minimum absolute atomic E-state index is 0.174. The molecule has 0 unspecified atom stereocenters. The van der Waals surface area contributed by atoms with Crippen LogP contribution >= 0.6 is 23.2 Å². The zero-order valence-corrected chi connectivity index (χ0v) is 29.1. The molecule has 0 aliphatic heterocycles. The zero-order chi connectivity index (χ0) is 34.4. The van der Waals surface area contributed by atoms with Crippen LogP contribution in [0.15, 0.2) is 127 Å². The van der Waals surface area contributed by atoms with Crippen LogP contribution in [0.4, 0.5) is 0 Å². The quantitative estimate of drug-likeness (QED) is 0.118. The summed E-state index contributed by atoms with van der Waals surface area (Å²) in [5.41, 5.74) is 7.17. The van der Waals surface area contributed by atoms with E-state index in [-0.39, 0.29) is 23.9 Å². The van der Waals surface area contributed by atoms with Crippen LogP contribution in [0.1, 0.15) is 56.3 Å². The molecule has 6 aromatic rings. The molecule has 0 atom stereocenters. The number of aryl methyl sites for hydroxylation is 2. The van der Waals surface area contributed by atoms with Gasteiger partial charge in [-0.1, -0.05) is 114 Å². The van der Waals surface area contributed by atoms with Crippen molar-refractivity contribution in [2.45, 2.75) is 37.5 Å². The number of carbonyl (C=O) groups is 1. The fraction of sp³-hybridized carbons (Fsp3) is 0.175. The predicted octanol–water partition coefficient (Wildman–Crippen LogP) is 9.12. The maximum Gasteiger partial charge on any atom is 0.335 e. The number of sulfonamides is 1. The normalized spacial score (nSPS) is 11.7. The van der Waals surface area contributed by atoms with Crippen molar-refractivity contribution < 1.29 is 18.3 Å². The molecule has 49 heavy (non-hydrogen) atoms. The lowest BCUT2D eigenvalue weighted by atomic mass is 9.97. The summed E-state index contributed by atoms with van der Waals surface area (Å²) < 4.78 is 31.7. The summed E-state index contributed by atoms with van der Waals surface area (Å²) >= 11 is 13.1. The van der Waals surface area contributed by atoms with Crippen LogP contribution in [-0.4, -0.2) is 30.6 Å². The van der Waals surface area contributed by atoms with E-state index in [4.69, 9.17) is 23.2 Å². The molecule has 0 saturated carbocycles. The first kappa shape index (κ1) is 34.5. The second-order valence-corrected chi connectivity index (χ2v) is 14.7. The summed E-state index contributed by atoms with van der Waals surface area (Å²) in [6, 6.07) is 40.2. The molecule has 2 N–H and O–H groups in total. The van der Waals surface area contributed by atoms with Crippen molar-refractivity contribution >= 4 is 50.1 Å². The number of hydrogen-bond acceptors (Lipinski definition) is 3. The van der Waals surface area contributed by atoms with Gasteiger partial charge in [0.05, 0.1) is 27.9 Å². The summed E-state index contributed by atoms with van der Waals surface area (Å²) in [5, 5.41) is 11.4. The van der Waals surface area contributed by atoms with Gasteiger partial charge in [-0.2, -0.15) is 0 Å². The molecule has 0 aliphatic carbocycles. The molecule has 0 bridgehead atoms. The third-order valence-electron chi connectivity index (χ3n) is 8.70. The van der Waals surface area contributed by atoms with E-state index in [0.29, 0.717) is 28.5 Å². The Morgan fingerprint density at radius 2 is 1.39 bits per heavy atom. The van der Waals surface area contributed by atoms with Crippen molar-refractivity contribution in [1.29, 1.82) is 0 Å². The van der Waals surface area contributed by atoms with E-state index in [1.807, 2.05) is 60.7 Å². The summed E-state index contributed by atoms with van der Waals surface area (Å²) in [4.78, 5) is 11.4. The fourth-order valence-corrected chi connectivity index (χ4v) is 8.18. The second-order valence-electron chi connectivity index (χ2n) is 12.0. The van der Waals surface area contributed by atoms with Crippen LogP contribution in [0.5, 0.6) is 0 Å². The van der Waals surface area contributed by atoms with E-state index in [1.54, 1.807) is 36.4 Å². The number of fused-ring (bicyclic) bond motifs is 1. The Labute approximate surface area is 297 Å². The molecule has 6 rings (SSSR count). The molecule has 9 heteroatoms. The maximum atomic E-state index is 13.3. The van der Waals surface area contributed by atoms with Gasteiger partial charge in [0, 0.05) is 29.1 Å².